The summed E-state index contributed by atoms with van der Waals surface area (Å²) in [6.07, 6.45) is 5.91. The fraction of sp³-hybridized carbons (Fsp3) is 0.917. The van der Waals surface area contributed by atoms with E-state index in [1.54, 1.807) is 0 Å². The van der Waals surface area contributed by atoms with Crippen molar-refractivity contribution in [2.75, 3.05) is 0 Å². The van der Waals surface area contributed by atoms with Crippen LogP contribution in [0.25, 0.3) is 0 Å². The van der Waals surface area contributed by atoms with Gasteiger partial charge in [0.05, 0.1) is 0 Å². The summed E-state index contributed by atoms with van der Waals surface area (Å²) in [6.45, 7) is 8.87. The van der Waals surface area contributed by atoms with Gasteiger partial charge in [0.25, 0.3) is 0 Å². The first-order valence-electron chi connectivity index (χ1n) is 5.53. The van der Waals surface area contributed by atoms with E-state index in [0.29, 0.717) is 0 Å². The third kappa shape index (κ3) is 6.80. The minimum Gasteiger partial charge on any atom is -0.303 e. The van der Waals surface area contributed by atoms with Crippen molar-refractivity contribution in [3.63, 3.8) is 0 Å². The lowest BCUT2D eigenvalue weighted by atomic mass is 9.91. The molecule has 0 amide bonds. The summed E-state index contributed by atoms with van der Waals surface area (Å²) in [5.74, 6) is 1.88. The Kier molecular flexibility index (Phi) is 6.93. The predicted molar refractivity (Wildman–Crippen MR) is 57.7 cm³/mol. The second-order valence-corrected chi connectivity index (χ2v) is 4.62. The molecule has 1 heteroatoms. The molecule has 0 aromatic heterocycles. The van der Waals surface area contributed by atoms with Crippen LogP contribution < -0.4 is 0 Å². The minimum atomic E-state index is 0.259. The van der Waals surface area contributed by atoms with Crippen molar-refractivity contribution in [3.05, 3.63) is 0 Å². The fourth-order valence-corrected chi connectivity index (χ4v) is 1.33. The summed E-state index contributed by atoms with van der Waals surface area (Å²) in [7, 11) is 0. The SMILES string of the molecule is CC(C=O)CCCCC(C)C(C)C. The van der Waals surface area contributed by atoms with E-state index in [1.165, 1.54) is 19.3 Å². The van der Waals surface area contributed by atoms with E-state index in [2.05, 4.69) is 20.8 Å². The normalized spacial score (nSPS) is 15.8. The van der Waals surface area contributed by atoms with Crippen LogP contribution in [0.2, 0.25) is 0 Å². The van der Waals surface area contributed by atoms with Crippen LogP contribution in [0, 0.1) is 17.8 Å². The molecule has 0 saturated heterocycles. The lowest BCUT2D eigenvalue weighted by Gasteiger charge is -2.14. The highest BCUT2D eigenvalue weighted by atomic mass is 16.1. The Morgan fingerprint density at radius 1 is 1.00 bits per heavy atom. The van der Waals surface area contributed by atoms with E-state index < -0.39 is 0 Å². The van der Waals surface area contributed by atoms with Crippen molar-refractivity contribution in [1.82, 2.24) is 0 Å². The highest BCUT2D eigenvalue weighted by Crippen LogP contribution is 2.18. The van der Waals surface area contributed by atoms with Gasteiger partial charge in [-0.25, -0.2) is 0 Å². The van der Waals surface area contributed by atoms with Gasteiger partial charge >= 0.3 is 0 Å². The first-order chi connectivity index (χ1) is 6.07. The third-order valence-electron chi connectivity index (χ3n) is 2.94. The van der Waals surface area contributed by atoms with Gasteiger partial charge < -0.3 is 4.79 Å². The third-order valence-corrected chi connectivity index (χ3v) is 2.94. The van der Waals surface area contributed by atoms with E-state index in [4.69, 9.17) is 0 Å². The highest BCUT2D eigenvalue weighted by molar-refractivity contribution is 5.52. The zero-order chi connectivity index (χ0) is 10.3. The van der Waals surface area contributed by atoms with Crippen LogP contribution >= 0.6 is 0 Å². The maximum atomic E-state index is 10.3. The van der Waals surface area contributed by atoms with Gasteiger partial charge in [-0.15, -0.1) is 0 Å². The maximum Gasteiger partial charge on any atom is 0.122 e. The van der Waals surface area contributed by atoms with Gasteiger partial charge in [0.1, 0.15) is 6.29 Å². The summed E-state index contributed by atoms with van der Waals surface area (Å²) in [6, 6.07) is 0. The van der Waals surface area contributed by atoms with Gasteiger partial charge in [-0.2, -0.15) is 0 Å². The molecular formula is C12H24O. The van der Waals surface area contributed by atoms with Crippen LogP contribution in [0.3, 0.4) is 0 Å². The summed E-state index contributed by atoms with van der Waals surface area (Å²) in [5.41, 5.74) is 0. The van der Waals surface area contributed by atoms with Crippen LogP contribution in [0.4, 0.5) is 0 Å². The summed E-state index contributed by atoms with van der Waals surface area (Å²) >= 11 is 0. The molecule has 0 bridgehead atoms. The fourth-order valence-electron chi connectivity index (χ4n) is 1.33. The number of hydrogen-bond donors (Lipinski definition) is 0. The van der Waals surface area contributed by atoms with Crippen LogP contribution in [0.15, 0.2) is 0 Å². The first-order valence-corrected chi connectivity index (χ1v) is 5.53. The van der Waals surface area contributed by atoms with E-state index in [0.717, 1.165) is 24.5 Å². The molecule has 0 aliphatic carbocycles. The zero-order valence-corrected chi connectivity index (χ0v) is 9.55. The van der Waals surface area contributed by atoms with Crippen LogP contribution in [-0.2, 0) is 4.79 Å². The molecule has 0 spiro atoms. The van der Waals surface area contributed by atoms with Crippen molar-refractivity contribution >= 4 is 6.29 Å². The average molecular weight is 184 g/mol. The average Bonchev–Trinajstić information content (AvgIpc) is 2.11. The molecule has 0 rings (SSSR count). The molecule has 13 heavy (non-hydrogen) atoms. The van der Waals surface area contributed by atoms with E-state index in [-0.39, 0.29) is 5.92 Å². The molecule has 2 unspecified atom stereocenters. The van der Waals surface area contributed by atoms with Gasteiger partial charge in [-0.1, -0.05) is 47.0 Å². The topological polar surface area (TPSA) is 17.1 Å². The monoisotopic (exact) mass is 184 g/mol. The summed E-state index contributed by atoms with van der Waals surface area (Å²) in [5, 5.41) is 0. The number of aldehydes is 1. The van der Waals surface area contributed by atoms with E-state index in [1.807, 2.05) is 6.92 Å². The lowest BCUT2D eigenvalue weighted by Crippen LogP contribution is -2.04. The van der Waals surface area contributed by atoms with Gasteiger partial charge in [0.2, 0.25) is 0 Å². The summed E-state index contributed by atoms with van der Waals surface area (Å²) in [4.78, 5) is 10.3. The van der Waals surface area contributed by atoms with Crippen molar-refractivity contribution in [2.24, 2.45) is 17.8 Å². The molecule has 0 aliphatic rings. The smallest absolute Gasteiger partial charge is 0.122 e. The Bertz CT molecular complexity index is 129. The molecular weight excluding hydrogens is 160 g/mol. The molecule has 0 aliphatic heterocycles. The number of carbonyl (C=O) groups is 1. The first kappa shape index (κ1) is 12.7. The van der Waals surface area contributed by atoms with E-state index >= 15 is 0 Å². The van der Waals surface area contributed by atoms with Crippen molar-refractivity contribution in [3.8, 4) is 0 Å². The van der Waals surface area contributed by atoms with Gasteiger partial charge in [-0.05, 0) is 18.3 Å². The molecule has 0 radical (unpaired) electrons. The van der Waals surface area contributed by atoms with Crippen LogP contribution in [0.5, 0.6) is 0 Å². The standard InChI is InChI=1S/C12H24O/c1-10(2)12(4)8-6-5-7-11(3)9-13/h9-12H,5-8H2,1-4H3. The molecule has 78 valence electrons. The Balaban J connectivity index is 3.30. The van der Waals surface area contributed by atoms with Crippen molar-refractivity contribution < 1.29 is 4.79 Å². The number of hydrogen-bond acceptors (Lipinski definition) is 1. The van der Waals surface area contributed by atoms with Gasteiger partial charge in [0, 0.05) is 5.92 Å². The van der Waals surface area contributed by atoms with Gasteiger partial charge in [-0.3, -0.25) is 0 Å². The molecule has 1 nitrogen and oxygen atoms in total. The van der Waals surface area contributed by atoms with Crippen molar-refractivity contribution in [1.29, 1.82) is 0 Å². The van der Waals surface area contributed by atoms with Crippen LogP contribution in [-0.4, -0.2) is 6.29 Å². The summed E-state index contributed by atoms with van der Waals surface area (Å²) < 4.78 is 0. The quantitative estimate of drug-likeness (QED) is 0.436. The molecule has 0 aromatic rings. The zero-order valence-electron chi connectivity index (χ0n) is 9.55. The van der Waals surface area contributed by atoms with E-state index in [9.17, 15) is 4.79 Å². The molecule has 0 fully saturated rings. The lowest BCUT2D eigenvalue weighted by molar-refractivity contribution is -0.110. The van der Waals surface area contributed by atoms with Gasteiger partial charge in [0.15, 0.2) is 0 Å². The number of carbonyl (C=O) groups excluding carboxylic acids is 1. The largest absolute Gasteiger partial charge is 0.303 e. The molecule has 0 aromatic carbocycles. The Labute approximate surface area is 82.9 Å². The highest BCUT2D eigenvalue weighted by Gasteiger charge is 2.06. The Morgan fingerprint density at radius 3 is 2.00 bits per heavy atom. The van der Waals surface area contributed by atoms with Crippen molar-refractivity contribution in [2.45, 2.75) is 53.4 Å². The Hall–Kier alpha value is -0.330. The number of rotatable bonds is 7. The minimum absolute atomic E-state index is 0.259. The number of unbranched alkanes of at least 4 members (excludes halogenated alkanes) is 1. The predicted octanol–water partition coefficient (Wildman–Crippen LogP) is 3.67. The maximum absolute atomic E-state index is 10.3. The molecule has 2 atom stereocenters. The molecule has 0 heterocycles. The molecule has 0 saturated carbocycles. The Morgan fingerprint density at radius 2 is 1.54 bits per heavy atom. The second-order valence-electron chi connectivity index (χ2n) is 4.62. The second kappa shape index (κ2) is 7.11. The van der Waals surface area contributed by atoms with Crippen LogP contribution in [0.1, 0.15) is 53.4 Å². The molecule has 0 N–H and O–H groups in total.